The lowest BCUT2D eigenvalue weighted by Gasteiger charge is -2.40. The van der Waals surface area contributed by atoms with Crippen LogP contribution in [-0.2, 0) is 9.59 Å². The van der Waals surface area contributed by atoms with Crippen LogP contribution in [-0.4, -0.2) is 11.6 Å². The van der Waals surface area contributed by atoms with Crippen LogP contribution in [0.5, 0.6) is 0 Å². The van der Waals surface area contributed by atoms with Crippen molar-refractivity contribution in [1.82, 2.24) is 0 Å². The Hall–Kier alpha value is -1.70. The SMILES string of the molecule is CCC1C=C(CC(=O)CCCC(=O)C2CCCC3CCCCC32)c2ccccc21. The van der Waals surface area contributed by atoms with Crippen LogP contribution in [0.25, 0.3) is 5.57 Å². The molecule has 29 heavy (non-hydrogen) atoms. The Morgan fingerprint density at radius 1 is 0.966 bits per heavy atom. The molecule has 156 valence electrons. The Kier molecular flexibility index (Phi) is 6.67. The quantitative estimate of drug-likeness (QED) is 0.483. The van der Waals surface area contributed by atoms with Gasteiger partial charge in [-0.1, -0.05) is 69.4 Å². The molecule has 4 atom stereocenters. The average molecular weight is 393 g/mol. The van der Waals surface area contributed by atoms with Crippen molar-refractivity contribution >= 4 is 17.1 Å². The molecular formula is C27H36O2. The van der Waals surface area contributed by atoms with Gasteiger partial charge >= 0.3 is 0 Å². The van der Waals surface area contributed by atoms with E-state index in [1.54, 1.807) is 0 Å². The van der Waals surface area contributed by atoms with Gasteiger partial charge in [-0.2, -0.15) is 0 Å². The van der Waals surface area contributed by atoms with E-state index in [9.17, 15) is 9.59 Å². The molecule has 0 spiro atoms. The smallest absolute Gasteiger partial charge is 0.137 e. The molecule has 3 aliphatic rings. The molecule has 4 unspecified atom stereocenters. The Balaban J connectivity index is 1.27. The second-order valence-corrected chi connectivity index (χ2v) is 9.58. The standard InChI is InChI=1S/C27H36O2/c1-2-19-17-21(25-14-6-5-12-23(19)25)18-22(28)11-8-16-27(29)26-15-7-10-20-9-3-4-13-24(20)26/h5-6,12,14,17,19-20,24,26H,2-4,7-11,13,15-16,18H2,1H3. The van der Waals surface area contributed by atoms with E-state index < -0.39 is 0 Å². The van der Waals surface area contributed by atoms with Gasteiger partial charge in [-0.3, -0.25) is 9.59 Å². The molecule has 0 aromatic heterocycles. The van der Waals surface area contributed by atoms with Gasteiger partial charge in [0, 0.05) is 31.1 Å². The number of benzene rings is 1. The second-order valence-electron chi connectivity index (χ2n) is 9.58. The topological polar surface area (TPSA) is 34.1 Å². The van der Waals surface area contributed by atoms with Gasteiger partial charge in [-0.05, 0) is 54.2 Å². The summed E-state index contributed by atoms with van der Waals surface area (Å²) in [7, 11) is 0. The number of hydrogen-bond acceptors (Lipinski definition) is 2. The van der Waals surface area contributed by atoms with Crippen LogP contribution in [0.1, 0.15) is 101 Å². The lowest BCUT2D eigenvalue weighted by molar-refractivity contribution is -0.127. The zero-order valence-corrected chi connectivity index (χ0v) is 18.0. The molecule has 0 N–H and O–H groups in total. The second kappa shape index (κ2) is 9.41. The van der Waals surface area contributed by atoms with Crippen LogP contribution in [0.15, 0.2) is 30.3 Å². The van der Waals surface area contributed by atoms with Gasteiger partial charge in [0.1, 0.15) is 11.6 Å². The number of ketones is 2. The van der Waals surface area contributed by atoms with Gasteiger partial charge in [0.25, 0.3) is 0 Å². The van der Waals surface area contributed by atoms with E-state index in [2.05, 4.69) is 37.3 Å². The molecule has 2 heteroatoms. The molecule has 3 aliphatic carbocycles. The Labute approximate surface area is 176 Å². The Bertz CT molecular complexity index is 772. The van der Waals surface area contributed by atoms with Crippen LogP contribution < -0.4 is 0 Å². The lowest BCUT2D eigenvalue weighted by atomic mass is 9.64. The largest absolute Gasteiger partial charge is 0.299 e. The third-order valence-electron chi connectivity index (χ3n) is 7.80. The highest BCUT2D eigenvalue weighted by Crippen LogP contribution is 2.44. The predicted octanol–water partition coefficient (Wildman–Crippen LogP) is 6.88. The van der Waals surface area contributed by atoms with Crippen molar-refractivity contribution in [3.05, 3.63) is 41.5 Å². The van der Waals surface area contributed by atoms with Gasteiger partial charge < -0.3 is 0 Å². The Morgan fingerprint density at radius 3 is 2.62 bits per heavy atom. The van der Waals surface area contributed by atoms with Crippen molar-refractivity contribution in [1.29, 1.82) is 0 Å². The Morgan fingerprint density at radius 2 is 1.76 bits per heavy atom. The van der Waals surface area contributed by atoms with Crippen LogP contribution in [0.4, 0.5) is 0 Å². The summed E-state index contributed by atoms with van der Waals surface area (Å²) in [6, 6.07) is 8.50. The number of carbonyl (C=O) groups is 2. The molecular weight excluding hydrogens is 356 g/mol. The van der Waals surface area contributed by atoms with E-state index in [0.29, 0.717) is 42.8 Å². The van der Waals surface area contributed by atoms with Gasteiger partial charge in [-0.15, -0.1) is 0 Å². The molecule has 0 bridgehead atoms. The number of rotatable bonds is 8. The van der Waals surface area contributed by atoms with Crippen LogP contribution >= 0.6 is 0 Å². The van der Waals surface area contributed by atoms with Gasteiger partial charge in [0.05, 0.1) is 0 Å². The van der Waals surface area contributed by atoms with Crippen LogP contribution in [0.2, 0.25) is 0 Å². The summed E-state index contributed by atoms with van der Waals surface area (Å²) in [6.45, 7) is 2.20. The van der Waals surface area contributed by atoms with E-state index >= 15 is 0 Å². The fraction of sp³-hybridized carbons (Fsp3) is 0.630. The van der Waals surface area contributed by atoms with Crippen molar-refractivity contribution in [2.24, 2.45) is 17.8 Å². The van der Waals surface area contributed by atoms with E-state index in [4.69, 9.17) is 0 Å². The minimum atomic E-state index is 0.287. The number of fused-ring (bicyclic) bond motifs is 2. The third kappa shape index (κ3) is 4.57. The summed E-state index contributed by atoms with van der Waals surface area (Å²) in [5.74, 6) is 2.92. The van der Waals surface area contributed by atoms with Gasteiger partial charge in [0.15, 0.2) is 0 Å². The van der Waals surface area contributed by atoms with Crippen molar-refractivity contribution in [3.63, 3.8) is 0 Å². The highest BCUT2D eigenvalue weighted by atomic mass is 16.1. The van der Waals surface area contributed by atoms with Crippen LogP contribution in [0, 0.1) is 17.8 Å². The molecule has 0 aliphatic heterocycles. The first-order chi connectivity index (χ1) is 14.2. The summed E-state index contributed by atoms with van der Waals surface area (Å²) in [5, 5.41) is 0. The summed E-state index contributed by atoms with van der Waals surface area (Å²) in [5.41, 5.74) is 3.82. The number of carbonyl (C=O) groups excluding carboxylic acids is 2. The monoisotopic (exact) mass is 392 g/mol. The highest BCUT2D eigenvalue weighted by Gasteiger charge is 2.37. The maximum atomic E-state index is 12.9. The van der Waals surface area contributed by atoms with Crippen LogP contribution in [0.3, 0.4) is 0 Å². The first-order valence-electron chi connectivity index (χ1n) is 12.0. The number of hydrogen-bond donors (Lipinski definition) is 0. The first kappa shape index (κ1) is 20.6. The molecule has 0 saturated heterocycles. The fourth-order valence-electron chi connectivity index (χ4n) is 6.31. The fourth-order valence-corrected chi connectivity index (χ4v) is 6.31. The van der Waals surface area contributed by atoms with Crippen molar-refractivity contribution in [2.75, 3.05) is 0 Å². The number of allylic oxidation sites excluding steroid dienone is 2. The predicted molar refractivity (Wildman–Crippen MR) is 119 cm³/mol. The van der Waals surface area contributed by atoms with Gasteiger partial charge in [0.2, 0.25) is 0 Å². The molecule has 0 heterocycles. The molecule has 2 nitrogen and oxygen atoms in total. The van der Waals surface area contributed by atoms with E-state index in [1.807, 2.05) is 0 Å². The molecule has 4 rings (SSSR count). The third-order valence-corrected chi connectivity index (χ3v) is 7.80. The summed E-state index contributed by atoms with van der Waals surface area (Å²) in [6.07, 6.45) is 14.7. The zero-order valence-electron chi connectivity index (χ0n) is 18.0. The van der Waals surface area contributed by atoms with Crippen molar-refractivity contribution in [3.8, 4) is 0 Å². The van der Waals surface area contributed by atoms with Crippen molar-refractivity contribution in [2.45, 2.75) is 89.9 Å². The summed E-state index contributed by atoms with van der Waals surface area (Å²) in [4.78, 5) is 25.5. The zero-order chi connectivity index (χ0) is 20.2. The molecule has 1 aromatic rings. The summed E-state index contributed by atoms with van der Waals surface area (Å²) < 4.78 is 0. The maximum absolute atomic E-state index is 12.9. The first-order valence-corrected chi connectivity index (χ1v) is 12.0. The average Bonchev–Trinajstić information content (AvgIpc) is 3.11. The van der Waals surface area contributed by atoms with E-state index in [1.165, 1.54) is 55.2 Å². The normalized spacial score (nSPS) is 28.4. The molecule has 2 fully saturated rings. The lowest BCUT2D eigenvalue weighted by Crippen LogP contribution is -2.35. The maximum Gasteiger partial charge on any atom is 0.137 e. The number of Topliss-reactive ketones (excluding diaryl/α,β-unsaturated/α-hetero) is 2. The van der Waals surface area contributed by atoms with Gasteiger partial charge in [-0.25, -0.2) is 0 Å². The summed E-state index contributed by atoms with van der Waals surface area (Å²) >= 11 is 0. The van der Waals surface area contributed by atoms with E-state index in [0.717, 1.165) is 25.2 Å². The van der Waals surface area contributed by atoms with E-state index in [-0.39, 0.29) is 5.78 Å². The molecule has 2 saturated carbocycles. The molecule has 0 amide bonds. The molecule has 0 radical (unpaired) electrons. The minimum Gasteiger partial charge on any atom is -0.299 e. The highest BCUT2D eigenvalue weighted by molar-refractivity contribution is 5.92. The molecule has 1 aromatic carbocycles. The van der Waals surface area contributed by atoms with Crippen molar-refractivity contribution < 1.29 is 9.59 Å². The minimum absolute atomic E-state index is 0.287.